The Bertz CT molecular complexity index is 188. The SMILES string of the molecule is CCC(=O)C1(C#N)COC1. The Labute approximate surface area is 59.6 Å². The second kappa shape index (κ2) is 2.39. The van der Waals surface area contributed by atoms with Gasteiger partial charge in [-0.15, -0.1) is 0 Å². The molecular weight excluding hydrogens is 130 g/mol. The number of Topliss-reactive ketones (excluding diaryl/α,β-unsaturated/α-hetero) is 1. The summed E-state index contributed by atoms with van der Waals surface area (Å²) < 4.78 is 4.81. The summed E-state index contributed by atoms with van der Waals surface area (Å²) >= 11 is 0. The highest BCUT2D eigenvalue weighted by molar-refractivity contribution is 5.88. The van der Waals surface area contributed by atoms with E-state index < -0.39 is 5.41 Å². The molecule has 0 bridgehead atoms. The van der Waals surface area contributed by atoms with Crippen LogP contribution in [0.2, 0.25) is 0 Å². The van der Waals surface area contributed by atoms with Crippen molar-refractivity contribution in [1.82, 2.24) is 0 Å². The lowest BCUT2D eigenvalue weighted by Crippen LogP contribution is -2.47. The van der Waals surface area contributed by atoms with Crippen molar-refractivity contribution in [2.24, 2.45) is 5.41 Å². The van der Waals surface area contributed by atoms with Crippen LogP contribution in [0, 0.1) is 16.7 Å². The standard InChI is InChI=1S/C7H9NO2/c1-2-6(9)7(3-8)4-10-5-7/h2,4-5H2,1H3. The molecule has 1 aliphatic rings. The molecule has 1 aliphatic heterocycles. The number of nitriles is 1. The van der Waals surface area contributed by atoms with Crippen LogP contribution in [0.1, 0.15) is 13.3 Å². The number of hydrogen-bond acceptors (Lipinski definition) is 3. The Hall–Kier alpha value is -0.880. The lowest BCUT2D eigenvalue weighted by molar-refractivity contribution is -0.147. The van der Waals surface area contributed by atoms with Gasteiger partial charge in [-0.2, -0.15) is 5.26 Å². The van der Waals surface area contributed by atoms with Gasteiger partial charge in [0.15, 0.2) is 11.2 Å². The van der Waals surface area contributed by atoms with E-state index >= 15 is 0 Å². The molecule has 0 atom stereocenters. The van der Waals surface area contributed by atoms with E-state index in [9.17, 15) is 4.79 Å². The summed E-state index contributed by atoms with van der Waals surface area (Å²) in [4.78, 5) is 11.0. The minimum atomic E-state index is -0.783. The van der Waals surface area contributed by atoms with Crippen molar-refractivity contribution in [3.8, 4) is 6.07 Å². The molecule has 1 heterocycles. The van der Waals surface area contributed by atoms with Gasteiger partial charge in [-0.05, 0) is 0 Å². The third-order valence-electron chi connectivity index (χ3n) is 1.77. The van der Waals surface area contributed by atoms with Crippen molar-refractivity contribution < 1.29 is 9.53 Å². The Morgan fingerprint density at radius 3 is 2.50 bits per heavy atom. The van der Waals surface area contributed by atoms with Crippen molar-refractivity contribution in [3.63, 3.8) is 0 Å². The molecule has 3 heteroatoms. The van der Waals surface area contributed by atoms with Gasteiger partial charge in [0, 0.05) is 6.42 Å². The largest absolute Gasteiger partial charge is 0.377 e. The molecule has 0 radical (unpaired) electrons. The van der Waals surface area contributed by atoms with Crippen LogP contribution in [-0.2, 0) is 9.53 Å². The maximum atomic E-state index is 11.0. The monoisotopic (exact) mass is 139 g/mol. The normalized spacial score (nSPS) is 20.8. The Morgan fingerprint density at radius 2 is 2.40 bits per heavy atom. The van der Waals surface area contributed by atoms with Crippen molar-refractivity contribution >= 4 is 5.78 Å². The Kier molecular flexibility index (Phi) is 1.73. The van der Waals surface area contributed by atoms with Crippen molar-refractivity contribution in [2.45, 2.75) is 13.3 Å². The van der Waals surface area contributed by atoms with Crippen LogP contribution < -0.4 is 0 Å². The van der Waals surface area contributed by atoms with Gasteiger partial charge in [-0.25, -0.2) is 0 Å². The lowest BCUT2D eigenvalue weighted by Gasteiger charge is -2.32. The maximum Gasteiger partial charge on any atom is 0.162 e. The number of ether oxygens (including phenoxy) is 1. The quantitative estimate of drug-likeness (QED) is 0.560. The summed E-state index contributed by atoms with van der Waals surface area (Å²) in [6.45, 7) is 2.34. The van der Waals surface area contributed by atoms with Gasteiger partial charge < -0.3 is 4.74 Å². The molecule has 0 aromatic heterocycles. The van der Waals surface area contributed by atoms with E-state index in [1.165, 1.54) is 0 Å². The number of hydrogen-bond donors (Lipinski definition) is 0. The van der Waals surface area contributed by atoms with Crippen LogP contribution in [0.25, 0.3) is 0 Å². The first kappa shape index (κ1) is 7.23. The van der Waals surface area contributed by atoms with E-state index in [1.54, 1.807) is 6.92 Å². The Balaban J connectivity index is 2.67. The molecule has 0 aliphatic carbocycles. The zero-order chi connectivity index (χ0) is 7.61. The van der Waals surface area contributed by atoms with Gasteiger partial charge in [-0.1, -0.05) is 6.92 Å². The summed E-state index contributed by atoms with van der Waals surface area (Å²) in [6, 6.07) is 1.99. The third kappa shape index (κ3) is 0.812. The predicted octanol–water partition coefficient (Wildman–Crippen LogP) is 0.506. The number of rotatable bonds is 2. The molecule has 1 saturated heterocycles. The van der Waals surface area contributed by atoms with E-state index in [0.717, 1.165) is 0 Å². The lowest BCUT2D eigenvalue weighted by atomic mass is 9.82. The predicted molar refractivity (Wildman–Crippen MR) is 34.2 cm³/mol. The minimum Gasteiger partial charge on any atom is -0.377 e. The van der Waals surface area contributed by atoms with E-state index in [4.69, 9.17) is 10.00 Å². The topological polar surface area (TPSA) is 50.1 Å². The first-order chi connectivity index (χ1) is 4.75. The van der Waals surface area contributed by atoms with Crippen LogP contribution in [0.15, 0.2) is 0 Å². The summed E-state index contributed by atoms with van der Waals surface area (Å²) in [5.41, 5.74) is -0.783. The summed E-state index contributed by atoms with van der Waals surface area (Å²) in [7, 11) is 0. The van der Waals surface area contributed by atoms with Crippen molar-refractivity contribution in [2.75, 3.05) is 13.2 Å². The highest BCUT2D eigenvalue weighted by Crippen LogP contribution is 2.28. The van der Waals surface area contributed by atoms with Gasteiger partial charge in [-0.3, -0.25) is 4.79 Å². The van der Waals surface area contributed by atoms with Gasteiger partial charge in [0.25, 0.3) is 0 Å². The molecule has 0 spiro atoms. The minimum absolute atomic E-state index is 0.00116. The fourth-order valence-corrected chi connectivity index (χ4v) is 0.932. The summed E-state index contributed by atoms with van der Waals surface area (Å²) in [5.74, 6) is 0.00116. The molecule has 3 nitrogen and oxygen atoms in total. The van der Waals surface area contributed by atoms with Crippen LogP contribution in [0.5, 0.6) is 0 Å². The highest BCUT2D eigenvalue weighted by Gasteiger charge is 2.44. The molecule has 1 rings (SSSR count). The molecule has 0 amide bonds. The van der Waals surface area contributed by atoms with E-state index in [-0.39, 0.29) is 19.0 Å². The molecule has 54 valence electrons. The summed E-state index contributed by atoms with van der Waals surface area (Å²) in [6.07, 6.45) is 0.427. The zero-order valence-corrected chi connectivity index (χ0v) is 5.89. The first-order valence-electron chi connectivity index (χ1n) is 3.27. The average molecular weight is 139 g/mol. The van der Waals surface area contributed by atoms with Crippen LogP contribution >= 0.6 is 0 Å². The van der Waals surface area contributed by atoms with Crippen LogP contribution in [0.4, 0.5) is 0 Å². The molecule has 10 heavy (non-hydrogen) atoms. The second-order valence-electron chi connectivity index (χ2n) is 2.46. The smallest absolute Gasteiger partial charge is 0.162 e. The fourth-order valence-electron chi connectivity index (χ4n) is 0.932. The van der Waals surface area contributed by atoms with Crippen molar-refractivity contribution in [1.29, 1.82) is 5.26 Å². The van der Waals surface area contributed by atoms with Gasteiger partial charge in [0.05, 0.1) is 19.3 Å². The maximum absolute atomic E-state index is 11.0. The molecule has 0 aromatic carbocycles. The van der Waals surface area contributed by atoms with Crippen molar-refractivity contribution in [3.05, 3.63) is 0 Å². The van der Waals surface area contributed by atoms with E-state index in [1.807, 2.05) is 6.07 Å². The molecule has 0 saturated carbocycles. The zero-order valence-electron chi connectivity index (χ0n) is 5.89. The number of carbonyl (C=O) groups is 1. The fraction of sp³-hybridized carbons (Fsp3) is 0.714. The third-order valence-corrected chi connectivity index (χ3v) is 1.77. The molecule has 0 aromatic rings. The van der Waals surface area contributed by atoms with E-state index in [0.29, 0.717) is 6.42 Å². The first-order valence-corrected chi connectivity index (χ1v) is 3.27. The molecule has 0 unspecified atom stereocenters. The number of carbonyl (C=O) groups excluding carboxylic acids is 1. The van der Waals surface area contributed by atoms with Gasteiger partial charge in [0.2, 0.25) is 0 Å². The number of ketones is 1. The summed E-state index contributed by atoms with van der Waals surface area (Å²) in [5, 5.41) is 8.59. The van der Waals surface area contributed by atoms with Crippen LogP contribution in [0.3, 0.4) is 0 Å². The van der Waals surface area contributed by atoms with Crippen LogP contribution in [-0.4, -0.2) is 19.0 Å². The highest BCUT2D eigenvalue weighted by atomic mass is 16.5. The van der Waals surface area contributed by atoms with Gasteiger partial charge >= 0.3 is 0 Å². The molecular formula is C7H9NO2. The Morgan fingerprint density at radius 1 is 1.80 bits per heavy atom. The van der Waals surface area contributed by atoms with Gasteiger partial charge in [0.1, 0.15) is 0 Å². The average Bonchev–Trinajstić information content (AvgIpc) is 1.86. The number of nitrogens with zero attached hydrogens (tertiary/aromatic N) is 1. The molecule has 0 N–H and O–H groups in total. The van der Waals surface area contributed by atoms with E-state index in [2.05, 4.69) is 0 Å². The molecule has 1 fully saturated rings. The second-order valence-corrected chi connectivity index (χ2v) is 2.46.